The summed E-state index contributed by atoms with van der Waals surface area (Å²) in [6, 6.07) is 8.50. The summed E-state index contributed by atoms with van der Waals surface area (Å²) in [5.41, 5.74) is 1.30. The summed E-state index contributed by atoms with van der Waals surface area (Å²) in [5.74, 6) is 1.05. The predicted molar refractivity (Wildman–Crippen MR) is 120 cm³/mol. The van der Waals surface area contributed by atoms with Gasteiger partial charge in [0, 0.05) is 0 Å². The van der Waals surface area contributed by atoms with Crippen molar-refractivity contribution in [2.24, 2.45) is 0 Å². The van der Waals surface area contributed by atoms with Gasteiger partial charge in [0.05, 0.1) is 6.61 Å². The molecule has 1 heterocycles. The molecule has 0 saturated carbocycles. The van der Waals surface area contributed by atoms with Crippen molar-refractivity contribution in [2.45, 2.75) is 103 Å². The molecule has 0 N–H and O–H groups in total. The van der Waals surface area contributed by atoms with Crippen molar-refractivity contribution in [1.29, 1.82) is 0 Å². The molecule has 1 aromatic rings. The largest absolute Gasteiger partial charge is 0.490 e. The number of hydrogen-bond acceptors (Lipinski definition) is 2. The summed E-state index contributed by atoms with van der Waals surface area (Å²) in [4.78, 5) is 0. The van der Waals surface area contributed by atoms with Gasteiger partial charge < -0.3 is 9.47 Å². The first-order valence-corrected chi connectivity index (χ1v) is 11.7. The summed E-state index contributed by atoms with van der Waals surface area (Å²) in [6.45, 7) is 5.84. The molecule has 2 nitrogen and oxygen atoms in total. The molecule has 1 aliphatic heterocycles. The quantitative estimate of drug-likeness (QED) is 0.156. The third-order valence-corrected chi connectivity index (χ3v) is 5.58. The van der Waals surface area contributed by atoms with Gasteiger partial charge >= 0.3 is 0 Å². The average Bonchev–Trinajstić information content (AvgIpc) is 3.45. The van der Waals surface area contributed by atoms with Gasteiger partial charge in [-0.2, -0.15) is 0 Å². The molecule has 0 amide bonds. The van der Waals surface area contributed by atoms with Crippen LogP contribution in [0.4, 0.5) is 0 Å². The van der Waals surface area contributed by atoms with Crippen LogP contribution >= 0.6 is 0 Å². The Kier molecular flexibility index (Phi) is 11.4. The number of allylic oxidation sites excluding steroid dienone is 2. The van der Waals surface area contributed by atoms with Gasteiger partial charge in [0.1, 0.15) is 18.0 Å². The summed E-state index contributed by atoms with van der Waals surface area (Å²) in [7, 11) is 0. The lowest BCUT2D eigenvalue weighted by Crippen LogP contribution is -2.17. The zero-order chi connectivity index (χ0) is 19.9. The topological polar surface area (TPSA) is 21.8 Å². The molecule has 2 heteroatoms. The molecule has 0 bridgehead atoms. The third-order valence-electron chi connectivity index (χ3n) is 5.58. The Morgan fingerprint density at radius 1 is 0.893 bits per heavy atom. The SMILES string of the molecule is CCC/C=C/CCCCCCCCCCCc1ccccc1OCC1(C)CO1. The van der Waals surface area contributed by atoms with Gasteiger partial charge in [-0.3, -0.25) is 0 Å². The summed E-state index contributed by atoms with van der Waals surface area (Å²) in [6.07, 6.45) is 22.0. The maximum atomic E-state index is 6.00. The highest BCUT2D eigenvalue weighted by Crippen LogP contribution is 2.28. The number of hydrogen-bond donors (Lipinski definition) is 0. The molecule has 0 aromatic heterocycles. The van der Waals surface area contributed by atoms with E-state index in [1.165, 1.54) is 82.6 Å². The van der Waals surface area contributed by atoms with Crippen LogP contribution in [0.5, 0.6) is 5.75 Å². The smallest absolute Gasteiger partial charge is 0.123 e. The van der Waals surface area contributed by atoms with E-state index in [9.17, 15) is 0 Å². The van der Waals surface area contributed by atoms with Crippen LogP contribution in [-0.4, -0.2) is 18.8 Å². The van der Waals surface area contributed by atoms with Crippen LogP contribution in [-0.2, 0) is 11.2 Å². The molecule has 1 fully saturated rings. The first kappa shape index (κ1) is 23.0. The van der Waals surface area contributed by atoms with Gasteiger partial charge in [0.25, 0.3) is 0 Å². The zero-order valence-electron chi connectivity index (χ0n) is 18.4. The lowest BCUT2D eigenvalue weighted by molar-refractivity contribution is 0.201. The molecule has 1 saturated heterocycles. The summed E-state index contributed by atoms with van der Waals surface area (Å²) >= 11 is 0. The van der Waals surface area contributed by atoms with E-state index in [-0.39, 0.29) is 5.60 Å². The second-order valence-corrected chi connectivity index (χ2v) is 8.62. The molecule has 28 heavy (non-hydrogen) atoms. The Morgan fingerprint density at radius 3 is 2.18 bits per heavy atom. The molecule has 0 spiro atoms. The third kappa shape index (κ3) is 10.3. The first-order valence-electron chi connectivity index (χ1n) is 11.7. The Labute approximate surface area is 173 Å². The molecule has 1 unspecified atom stereocenters. The Hall–Kier alpha value is -1.28. The van der Waals surface area contributed by atoms with Crippen LogP contribution in [0.1, 0.15) is 96.5 Å². The molecule has 1 aromatic carbocycles. The van der Waals surface area contributed by atoms with Crippen molar-refractivity contribution in [3.8, 4) is 5.75 Å². The van der Waals surface area contributed by atoms with Gasteiger partial charge in [-0.05, 0) is 50.7 Å². The number of unbranched alkanes of at least 4 members (excludes halogenated alkanes) is 10. The van der Waals surface area contributed by atoms with Crippen molar-refractivity contribution in [3.63, 3.8) is 0 Å². The summed E-state index contributed by atoms with van der Waals surface area (Å²) < 4.78 is 11.4. The minimum atomic E-state index is -0.0428. The molecule has 0 radical (unpaired) electrons. The highest BCUT2D eigenvalue weighted by Gasteiger charge is 2.40. The van der Waals surface area contributed by atoms with Crippen molar-refractivity contribution < 1.29 is 9.47 Å². The van der Waals surface area contributed by atoms with Gasteiger partial charge in [-0.15, -0.1) is 0 Å². The standard InChI is InChI=1S/C26H42O2/c1-3-4-5-6-7-8-9-10-11-12-13-14-15-16-19-24-20-17-18-21-25(24)27-22-26(2)23-28-26/h5-6,17-18,20-21H,3-4,7-16,19,22-23H2,1-2H3/b6-5+. The number of epoxide rings is 1. The molecule has 1 aliphatic rings. The fourth-order valence-electron chi connectivity index (χ4n) is 3.51. The van der Waals surface area contributed by atoms with E-state index in [1.807, 2.05) is 0 Å². The number of aryl methyl sites for hydroxylation is 1. The van der Waals surface area contributed by atoms with E-state index < -0.39 is 0 Å². The van der Waals surface area contributed by atoms with E-state index in [2.05, 4.69) is 50.3 Å². The van der Waals surface area contributed by atoms with Crippen molar-refractivity contribution in [2.75, 3.05) is 13.2 Å². The molecule has 158 valence electrons. The van der Waals surface area contributed by atoms with Crippen LogP contribution in [0.15, 0.2) is 36.4 Å². The van der Waals surface area contributed by atoms with Gasteiger partial charge in [0.15, 0.2) is 0 Å². The van der Waals surface area contributed by atoms with Gasteiger partial charge in [0.2, 0.25) is 0 Å². The average molecular weight is 387 g/mol. The van der Waals surface area contributed by atoms with Gasteiger partial charge in [-0.1, -0.05) is 88.6 Å². The molecule has 0 aliphatic carbocycles. The fourth-order valence-corrected chi connectivity index (χ4v) is 3.51. The van der Waals surface area contributed by atoms with Crippen molar-refractivity contribution in [1.82, 2.24) is 0 Å². The van der Waals surface area contributed by atoms with Crippen LogP contribution in [0.2, 0.25) is 0 Å². The number of ether oxygens (including phenoxy) is 2. The van der Waals surface area contributed by atoms with E-state index in [4.69, 9.17) is 9.47 Å². The van der Waals surface area contributed by atoms with E-state index in [0.717, 1.165) is 18.8 Å². The molecular formula is C26H42O2. The number of rotatable bonds is 17. The number of benzene rings is 1. The normalized spacial score (nSPS) is 18.6. The van der Waals surface area contributed by atoms with Crippen LogP contribution in [0.3, 0.4) is 0 Å². The maximum Gasteiger partial charge on any atom is 0.123 e. The van der Waals surface area contributed by atoms with E-state index in [0.29, 0.717) is 6.61 Å². The van der Waals surface area contributed by atoms with Crippen molar-refractivity contribution in [3.05, 3.63) is 42.0 Å². The van der Waals surface area contributed by atoms with E-state index in [1.54, 1.807) is 0 Å². The Balaban J connectivity index is 1.43. The highest BCUT2D eigenvalue weighted by molar-refractivity contribution is 5.33. The molecular weight excluding hydrogens is 344 g/mol. The van der Waals surface area contributed by atoms with E-state index >= 15 is 0 Å². The molecule has 2 rings (SSSR count). The Morgan fingerprint density at radius 2 is 1.50 bits per heavy atom. The predicted octanol–water partition coefficient (Wildman–Crippen LogP) is 7.65. The second kappa shape index (κ2) is 13.8. The van der Waals surface area contributed by atoms with Crippen molar-refractivity contribution >= 4 is 0 Å². The number of para-hydroxylation sites is 1. The highest BCUT2D eigenvalue weighted by atomic mass is 16.6. The minimum Gasteiger partial charge on any atom is -0.490 e. The van der Waals surface area contributed by atoms with Crippen LogP contribution < -0.4 is 4.74 Å². The monoisotopic (exact) mass is 386 g/mol. The summed E-state index contributed by atoms with van der Waals surface area (Å²) in [5, 5.41) is 0. The minimum absolute atomic E-state index is 0.0428. The maximum absolute atomic E-state index is 6.00. The first-order chi connectivity index (χ1) is 13.7. The lowest BCUT2D eigenvalue weighted by atomic mass is 10.0. The van der Waals surface area contributed by atoms with Gasteiger partial charge in [-0.25, -0.2) is 0 Å². The van der Waals surface area contributed by atoms with Crippen LogP contribution in [0, 0.1) is 0 Å². The second-order valence-electron chi connectivity index (χ2n) is 8.62. The lowest BCUT2D eigenvalue weighted by Gasteiger charge is -2.13. The van der Waals surface area contributed by atoms with Crippen LogP contribution in [0.25, 0.3) is 0 Å². The Bertz CT molecular complexity index is 545. The molecule has 1 atom stereocenters. The fraction of sp³-hybridized carbons (Fsp3) is 0.692. The zero-order valence-corrected chi connectivity index (χ0v) is 18.4.